The third-order valence-electron chi connectivity index (χ3n) is 8.66. The molecule has 3 aromatic carbocycles. The van der Waals surface area contributed by atoms with Crippen LogP contribution in [-0.4, -0.2) is 49.4 Å². The Bertz CT molecular complexity index is 1760. The smallest absolute Gasteiger partial charge is 0.335 e. The van der Waals surface area contributed by atoms with Crippen LogP contribution in [0.25, 0.3) is 10.4 Å². The van der Waals surface area contributed by atoms with Crippen LogP contribution in [-0.2, 0) is 32.0 Å². The van der Waals surface area contributed by atoms with Gasteiger partial charge in [-0.1, -0.05) is 117 Å². The number of rotatable bonds is 14. The van der Waals surface area contributed by atoms with Gasteiger partial charge in [-0.3, -0.25) is 9.36 Å². The zero-order valence-corrected chi connectivity index (χ0v) is 28.9. The predicted octanol–water partition coefficient (Wildman–Crippen LogP) is 5.05. The van der Waals surface area contributed by atoms with Crippen LogP contribution in [0.3, 0.4) is 0 Å². The molecule has 1 fully saturated rings. The lowest BCUT2D eigenvalue weighted by Gasteiger charge is -2.43. The number of nitrogens with zero attached hydrogens (tertiary/aromatic N) is 5. The minimum atomic E-state index is -2.90. The topological polar surface area (TPSA) is 130 Å². The number of aromatic nitrogens is 2. The van der Waals surface area contributed by atoms with Crippen molar-refractivity contribution in [3.8, 4) is 0 Å². The van der Waals surface area contributed by atoms with E-state index in [-0.39, 0.29) is 38.1 Å². The standard InChI is InChI=1S/C36H43N5O6Si/c1-27-23-40(35(43)41(34(27)42)26-44-24-28-14-8-5-9-15-28)33-22-31(45-21-20-38-39-37)32(47-33)25-46-48(36(2,3)4,29-16-10-6-11-17-29)30-18-12-7-13-19-30/h5-19,23,31-33H,20-22,24-26H2,1-4H3/t31-,32+,33+/m0/s1. The molecule has 1 aliphatic rings. The highest BCUT2D eigenvalue weighted by Crippen LogP contribution is 2.38. The van der Waals surface area contributed by atoms with Crippen molar-refractivity contribution in [2.45, 2.75) is 70.9 Å². The summed E-state index contributed by atoms with van der Waals surface area (Å²) in [5.74, 6) is 0. The first kappa shape index (κ1) is 35.0. The van der Waals surface area contributed by atoms with Gasteiger partial charge in [-0.05, 0) is 33.4 Å². The van der Waals surface area contributed by atoms with Crippen molar-refractivity contribution in [1.29, 1.82) is 0 Å². The van der Waals surface area contributed by atoms with Gasteiger partial charge >= 0.3 is 5.69 Å². The van der Waals surface area contributed by atoms with Gasteiger partial charge in [0.2, 0.25) is 0 Å². The van der Waals surface area contributed by atoms with E-state index in [9.17, 15) is 9.59 Å². The SMILES string of the molecule is Cc1cn([C@H]2C[C@H](OCCN=[N+]=[N-])[C@@H](CO[Si](c3ccccc3)(c3ccccc3)C(C)(C)C)O2)c(=O)n(COCc2ccccc2)c1=O. The number of azide groups is 1. The van der Waals surface area contributed by atoms with Crippen molar-refractivity contribution >= 4 is 18.7 Å². The molecular formula is C36H43N5O6Si. The number of aryl methyl sites for hydroxylation is 1. The Morgan fingerprint density at radius 2 is 1.56 bits per heavy atom. The summed E-state index contributed by atoms with van der Waals surface area (Å²) in [6, 6.07) is 30.2. The van der Waals surface area contributed by atoms with E-state index in [1.165, 1.54) is 10.8 Å². The second-order valence-corrected chi connectivity index (χ2v) is 17.2. The molecule has 0 aliphatic carbocycles. The highest BCUT2D eigenvalue weighted by atomic mass is 28.4. The largest absolute Gasteiger partial charge is 0.405 e. The zero-order chi connectivity index (χ0) is 34.1. The number of hydrogen-bond donors (Lipinski definition) is 0. The quantitative estimate of drug-likeness (QED) is 0.0608. The molecule has 11 nitrogen and oxygen atoms in total. The highest BCUT2D eigenvalue weighted by Gasteiger charge is 2.51. The average Bonchev–Trinajstić information content (AvgIpc) is 3.50. The molecule has 0 saturated carbocycles. The van der Waals surface area contributed by atoms with Crippen LogP contribution >= 0.6 is 0 Å². The maximum absolute atomic E-state index is 13.7. The second kappa shape index (κ2) is 15.7. The van der Waals surface area contributed by atoms with Gasteiger partial charge in [-0.15, -0.1) is 0 Å². The first-order chi connectivity index (χ1) is 23.2. The molecule has 12 heteroatoms. The van der Waals surface area contributed by atoms with Crippen molar-refractivity contribution in [2.75, 3.05) is 19.8 Å². The Hall–Kier alpha value is -4.29. The molecule has 0 N–H and O–H groups in total. The van der Waals surface area contributed by atoms with Gasteiger partial charge in [0.05, 0.1) is 25.9 Å². The van der Waals surface area contributed by atoms with Crippen LogP contribution in [0, 0.1) is 6.92 Å². The molecule has 1 saturated heterocycles. The number of hydrogen-bond acceptors (Lipinski definition) is 7. The van der Waals surface area contributed by atoms with Crippen molar-refractivity contribution in [2.24, 2.45) is 5.11 Å². The minimum absolute atomic E-state index is 0.155. The Morgan fingerprint density at radius 3 is 2.15 bits per heavy atom. The molecule has 0 bridgehead atoms. The number of benzene rings is 3. The van der Waals surface area contributed by atoms with Gasteiger partial charge in [0.25, 0.3) is 13.9 Å². The van der Waals surface area contributed by atoms with E-state index in [1.807, 2.05) is 66.7 Å². The fraction of sp³-hybridized carbons (Fsp3) is 0.389. The maximum atomic E-state index is 13.7. The fourth-order valence-electron chi connectivity index (χ4n) is 6.36. The molecule has 48 heavy (non-hydrogen) atoms. The Balaban J connectivity index is 1.44. The maximum Gasteiger partial charge on any atom is 0.335 e. The molecule has 0 spiro atoms. The molecule has 0 unspecified atom stereocenters. The molecular weight excluding hydrogens is 627 g/mol. The van der Waals surface area contributed by atoms with Gasteiger partial charge < -0.3 is 18.6 Å². The van der Waals surface area contributed by atoms with Crippen LogP contribution < -0.4 is 21.6 Å². The van der Waals surface area contributed by atoms with Gasteiger partial charge in [-0.25, -0.2) is 9.36 Å². The predicted molar refractivity (Wildman–Crippen MR) is 187 cm³/mol. The van der Waals surface area contributed by atoms with E-state index >= 15 is 0 Å². The summed E-state index contributed by atoms with van der Waals surface area (Å²) in [6.45, 7) is 8.87. The molecule has 252 valence electrons. The molecule has 5 rings (SSSR count). The molecule has 2 heterocycles. The molecule has 1 aliphatic heterocycles. The zero-order valence-electron chi connectivity index (χ0n) is 27.9. The average molecular weight is 670 g/mol. The third kappa shape index (κ3) is 7.71. The molecule has 0 amide bonds. The van der Waals surface area contributed by atoms with E-state index in [2.05, 4.69) is 55.1 Å². The summed E-state index contributed by atoms with van der Waals surface area (Å²) in [5.41, 5.74) is 9.14. The lowest BCUT2D eigenvalue weighted by molar-refractivity contribution is -0.0588. The highest BCUT2D eigenvalue weighted by molar-refractivity contribution is 6.99. The summed E-state index contributed by atoms with van der Waals surface area (Å²) in [7, 11) is -2.90. The molecule has 1 aromatic heterocycles. The van der Waals surface area contributed by atoms with E-state index in [0.29, 0.717) is 12.0 Å². The lowest BCUT2D eigenvalue weighted by Crippen LogP contribution is -2.67. The van der Waals surface area contributed by atoms with Gasteiger partial charge in [0.1, 0.15) is 19.1 Å². The summed E-state index contributed by atoms with van der Waals surface area (Å²) in [6.07, 6.45) is 0.113. The summed E-state index contributed by atoms with van der Waals surface area (Å²) in [5, 5.41) is 5.62. The van der Waals surface area contributed by atoms with Crippen molar-refractivity contribution < 1.29 is 18.6 Å². The number of ether oxygens (including phenoxy) is 3. The Morgan fingerprint density at radius 1 is 0.958 bits per heavy atom. The van der Waals surface area contributed by atoms with Crippen LogP contribution in [0.1, 0.15) is 44.5 Å². The van der Waals surface area contributed by atoms with Crippen LogP contribution in [0.5, 0.6) is 0 Å². The van der Waals surface area contributed by atoms with E-state index in [1.54, 1.807) is 6.92 Å². The normalized spacial score (nSPS) is 18.0. The lowest BCUT2D eigenvalue weighted by atomic mass is 10.2. The minimum Gasteiger partial charge on any atom is -0.405 e. The van der Waals surface area contributed by atoms with Gasteiger partial charge in [0.15, 0.2) is 0 Å². The van der Waals surface area contributed by atoms with E-state index in [0.717, 1.165) is 20.5 Å². The monoisotopic (exact) mass is 669 g/mol. The molecule has 0 radical (unpaired) electrons. The molecule has 3 atom stereocenters. The summed E-state index contributed by atoms with van der Waals surface area (Å²) < 4.78 is 28.3. The third-order valence-corrected chi connectivity index (χ3v) is 13.7. The first-order valence-corrected chi connectivity index (χ1v) is 18.0. The van der Waals surface area contributed by atoms with Gasteiger partial charge in [0, 0.05) is 29.6 Å². The van der Waals surface area contributed by atoms with Crippen LogP contribution in [0.2, 0.25) is 5.04 Å². The summed E-state index contributed by atoms with van der Waals surface area (Å²) >= 11 is 0. The Kier molecular flexibility index (Phi) is 11.5. The van der Waals surface area contributed by atoms with Crippen LogP contribution in [0.15, 0.2) is 112 Å². The molecule has 4 aromatic rings. The van der Waals surface area contributed by atoms with Gasteiger partial charge in [-0.2, -0.15) is 0 Å². The van der Waals surface area contributed by atoms with Crippen LogP contribution in [0.4, 0.5) is 0 Å². The summed E-state index contributed by atoms with van der Waals surface area (Å²) in [4.78, 5) is 29.6. The van der Waals surface area contributed by atoms with Crippen molar-refractivity contribution in [3.63, 3.8) is 0 Å². The first-order valence-electron chi connectivity index (χ1n) is 16.1. The van der Waals surface area contributed by atoms with Crippen molar-refractivity contribution in [1.82, 2.24) is 9.13 Å². The van der Waals surface area contributed by atoms with E-state index in [4.69, 9.17) is 24.2 Å². The van der Waals surface area contributed by atoms with E-state index < -0.39 is 38.0 Å². The second-order valence-electron chi connectivity index (χ2n) is 12.9. The Labute approximate surface area is 281 Å². The van der Waals surface area contributed by atoms with Crippen molar-refractivity contribution in [3.05, 3.63) is 140 Å². The fourth-order valence-corrected chi connectivity index (χ4v) is 10.9.